The number of carbonyl (C=O) groups excluding carboxylic acids is 1. The van der Waals surface area contributed by atoms with Gasteiger partial charge in [-0.05, 0) is 44.4 Å². The van der Waals surface area contributed by atoms with E-state index in [1.807, 2.05) is 0 Å². The Bertz CT molecular complexity index is 299. The molecule has 2 saturated heterocycles. The Morgan fingerprint density at radius 1 is 1.05 bits per heavy atom. The summed E-state index contributed by atoms with van der Waals surface area (Å²) in [6.45, 7) is 1.63. The number of hydrogen-bond donors (Lipinski definition) is 2. The van der Waals surface area contributed by atoms with Crippen LogP contribution in [0.2, 0.25) is 0 Å². The van der Waals surface area contributed by atoms with Gasteiger partial charge in [-0.3, -0.25) is 4.79 Å². The minimum Gasteiger partial charge on any atom is -0.381 e. The van der Waals surface area contributed by atoms with E-state index in [0.717, 1.165) is 44.8 Å². The fraction of sp³-hybridized carbons (Fsp3) is 0.933. The zero-order valence-electron chi connectivity index (χ0n) is 11.7. The van der Waals surface area contributed by atoms with Crippen LogP contribution in [-0.4, -0.2) is 37.2 Å². The smallest absolute Gasteiger partial charge is 0.237 e. The lowest BCUT2D eigenvalue weighted by Gasteiger charge is -2.24. The predicted octanol–water partition coefficient (Wildman–Crippen LogP) is 1.59. The van der Waals surface area contributed by atoms with Crippen LogP contribution in [0.5, 0.6) is 0 Å². The molecule has 2 aliphatic heterocycles. The van der Waals surface area contributed by atoms with Gasteiger partial charge < -0.3 is 15.4 Å². The maximum absolute atomic E-state index is 12.4. The van der Waals surface area contributed by atoms with Crippen molar-refractivity contribution in [3.8, 4) is 0 Å². The minimum absolute atomic E-state index is 0.0530. The number of fused-ring (bicyclic) bond motifs is 1. The Labute approximate surface area is 115 Å². The molecule has 0 aromatic heterocycles. The zero-order valence-corrected chi connectivity index (χ0v) is 11.7. The first-order valence-electron chi connectivity index (χ1n) is 7.97. The first kappa shape index (κ1) is 13.4. The van der Waals surface area contributed by atoms with E-state index in [2.05, 4.69) is 10.6 Å². The molecule has 2 heterocycles. The van der Waals surface area contributed by atoms with Gasteiger partial charge in [0.25, 0.3) is 0 Å². The van der Waals surface area contributed by atoms with Gasteiger partial charge in [-0.2, -0.15) is 0 Å². The van der Waals surface area contributed by atoms with E-state index in [9.17, 15) is 4.79 Å². The normalized spacial score (nSPS) is 39.4. The summed E-state index contributed by atoms with van der Waals surface area (Å²) in [4.78, 5) is 12.4. The lowest BCUT2D eigenvalue weighted by molar-refractivity contribution is -0.123. The van der Waals surface area contributed by atoms with E-state index < -0.39 is 0 Å². The highest BCUT2D eigenvalue weighted by Crippen LogP contribution is 2.33. The van der Waals surface area contributed by atoms with Crippen LogP contribution >= 0.6 is 0 Å². The van der Waals surface area contributed by atoms with Crippen molar-refractivity contribution in [1.82, 2.24) is 10.6 Å². The molecular weight excluding hydrogens is 240 g/mol. The number of hydrogen-bond acceptors (Lipinski definition) is 3. The van der Waals surface area contributed by atoms with Crippen LogP contribution in [0.1, 0.15) is 51.4 Å². The van der Waals surface area contributed by atoms with E-state index in [4.69, 9.17) is 4.74 Å². The minimum atomic E-state index is 0.0530. The third-order valence-corrected chi connectivity index (χ3v) is 4.98. The summed E-state index contributed by atoms with van der Waals surface area (Å²) in [5, 5.41) is 6.78. The first-order chi connectivity index (χ1) is 9.33. The predicted molar refractivity (Wildman–Crippen MR) is 73.9 cm³/mol. The lowest BCUT2D eigenvalue weighted by atomic mass is 9.85. The second-order valence-electron chi connectivity index (χ2n) is 6.35. The highest BCUT2D eigenvalue weighted by atomic mass is 16.5. The molecule has 3 fully saturated rings. The number of amides is 1. The second-order valence-corrected chi connectivity index (χ2v) is 6.35. The maximum Gasteiger partial charge on any atom is 0.237 e. The van der Waals surface area contributed by atoms with Crippen molar-refractivity contribution in [2.45, 2.75) is 69.5 Å². The van der Waals surface area contributed by atoms with Crippen LogP contribution in [0.15, 0.2) is 0 Å². The summed E-state index contributed by atoms with van der Waals surface area (Å²) in [6, 6.07) is 0.971. The van der Waals surface area contributed by atoms with Crippen LogP contribution in [0.4, 0.5) is 0 Å². The van der Waals surface area contributed by atoms with Gasteiger partial charge in [-0.15, -0.1) is 0 Å². The lowest BCUT2D eigenvalue weighted by Crippen LogP contribution is -2.46. The molecule has 0 aromatic rings. The molecule has 2 N–H and O–H groups in total. The number of ether oxygens (including phenoxy) is 1. The van der Waals surface area contributed by atoms with Crippen LogP contribution in [0, 0.1) is 5.92 Å². The Morgan fingerprint density at radius 2 is 1.95 bits per heavy atom. The molecule has 1 aliphatic carbocycles. The first-order valence-corrected chi connectivity index (χ1v) is 7.97. The Balaban J connectivity index is 1.50. The van der Waals surface area contributed by atoms with E-state index >= 15 is 0 Å². The molecule has 4 heteroatoms. The summed E-state index contributed by atoms with van der Waals surface area (Å²) in [5.41, 5.74) is 0. The molecule has 4 atom stereocenters. The summed E-state index contributed by atoms with van der Waals surface area (Å²) in [5.74, 6) is 0.961. The van der Waals surface area contributed by atoms with Gasteiger partial charge in [0.15, 0.2) is 0 Å². The summed E-state index contributed by atoms with van der Waals surface area (Å²) < 4.78 is 5.44. The standard InChI is InChI=1S/C15H26N2O2/c18-15(16-12-5-3-8-19-9-7-12)14-10-11-4-1-2-6-13(11)17-14/h11-14,17H,1-10H2,(H,16,18). The SMILES string of the molecule is O=C(NC1CCCOCC1)C1CC2CCCCC2N1. The number of rotatable bonds is 2. The third kappa shape index (κ3) is 3.29. The largest absolute Gasteiger partial charge is 0.381 e. The molecule has 0 radical (unpaired) electrons. The average molecular weight is 266 g/mol. The van der Waals surface area contributed by atoms with E-state index in [1.165, 1.54) is 25.7 Å². The molecule has 0 spiro atoms. The molecule has 3 aliphatic rings. The van der Waals surface area contributed by atoms with Crippen LogP contribution in [-0.2, 0) is 9.53 Å². The highest BCUT2D eigenvalue weighted by molar-refractivity contribution is 5.82. The van der Waals surface area contributed by atoms with E-state index in [1.54, 1.807) is 0 Å². The highest BCUT2D eigenvalue weighted by Gasteiger charge is 2.38. The summed E-state index contributed by atoms with van der Waals surface area (Å²) in [7, 11) is 0. The van der Waals surface area contributed by atoms with Gasteiger partial charge in [0.05, 0.1) is 6.04 Å². The van der Waals surface area contributed by atoms with E-state index in [0.29, 0.717) is 12.1 Å². The third-order valence-electron chi connectivity index (χ3n) is 4.98. The van der Waals surface area contributed by atoms with Crippen molar-refractivity contribution < 1.29 is 9.53 Å². The monoisotopic (exact) mass is 266 g/mol. The summed E-state index contributed by atoms with van der Waals surface area (Å²) in [6.07, 6.45) is 9.36. The summed E-state index contributed by atoms with van der Waals surface area (Å²) >= 11 is 0. The van der Waals surface area contributed by atoms with Crippen LogP contribution in [0.3, 0.4) is 0 Å². The van der Waals surface area contributed by atoms with Crippen molar-refractivity contribution in [3.05, 3.63) is 0 Å². The molecule has 1 saturated carbocycles. The Morgan fingerprint density at radius 3 is 2.84 bits per heavy atom. The molecule has 19 heavy (non-hydrogen) atoms. The van der Waals surface area contributed by atoms with Gasteiger partial charge in [0, 0.05) is 25.3 Å². The Kier molecular flexibility index (Phi) is 4.38. The van der Waals surface area contributed by atoms with Crippen LogP contribution in [0.25, 0.3) is 0 Å². The fourth-order valence-corrected chi connectivity index (χ4v) is 3.87. The Hall–Kier alpha value is -0.610. The van der Waals surface area contributed by atoms with Gasteiger partial charge in [0.1, 0.15) is 0 Å². The quantitative estimate of drug-likeness (QED) is 0.798. The molecular formula is C15H26N2O2. The molecule has 0 bridgehead atoms. The van der Waals surface area contributed by atoms with Gasteiger partial charge >= 0.3 is 0 Å². The number of nitrogens with one attached hydrogen (secondary N) is 2. The molecule has 1 amide bonds. The van der Waals surface area contributed by atoms with Crippen molar-refractivity contribution in [2.24, 2.45) is 5.92 Å². The van der Waals surface area contributed by atoms with Crippen molar-refractivity contribution in [3.63, 3.8) is 0 Å². The van der Waals surface area contributed by atoms with Crippen molar-refractivity contribution in [2.75, 3.05) is 13.2 Å². The van der Waals surface area contributed by atoms with Crippen LogP contribution < -0.4 is 10.6 Å². The van der Waals surface area contributed by atoms with Crippen molar-refractivity contribution >= 4 is 5.91 Å². The fourth-order valence-electron chi connectivity index (χ4n) is 3.87. The molecule has 0 aromatic carbocycles. The average Bonchev–Trinajstić information content (AvgIpc) is 2.70. The molecule has 108 valence electrons. The van der Waals surface area contributed by atoms with Gasteiger partial charge in [-0.25, -0.2) is 0 Å². The van der Waals surface area contributed by atoms with Gasteiger partial charge in [-0.1, -0.05) is 12.8 Å². The molecule has 3 rings (SSSR count). The van der Waals surface area contributed by atoms with Crippen molar-refractivity contribution in [1.29, 1.82) is 0 Å². The maximum atomic E-state index is 12.4. The molecule has 4 unspecified atom stereocenters. The van der Waals surface area contributed by atoms with E-state index in [-0.39, 0.29) is 11.9 Å². The number of carbonyl (C=O) groups is 1. The second kappa shape index (κ2) is 6.23. The molecule has 4 nitrogen and oxygen atoms in total. The topological polar surface area (TPSA) is 50.4 Å². The van der Waals surface area contributed by atoms with Gasteiger partial charge in [0.2, 0.25) is 5.91 Å². The zero-order chi connectivity index (χ0) is 13.1.